The van der Waals surface area contributed by atoms with Gasteiger partial charge >= 0.3 is 10.4 Å². The van der Waals surface area contributed by atoms with Crippen LogP contribution in [0.3, 0.4) is 0 Å². The summed E-state index contributed by atoms with van der Waals surface area (Å²) >= 11 is 0. The van der Waals surface area contributed by atoms with Crippen LogP contribution in [0.1, 0.15) is 0 Å². The molecule has 8 heteroatoms. The average molecular weight is 341 g/mol. The smallest absolute Gasteiger partial charge is 0.394 e. The van der Waals surface area contributed by atoms with Gasteiger partial charge < -0.3 is 11.0 Å². The Morgan fingerprint density at radius 3 is 1.00 bits per heavy atom. The van der Waals surface area contributed by atoms with Crippen molar-refractivity contribution < 1.29 is 28.5 Å². The van der Waals surface area contributed by atoms with Gasteiger partial charge in [0, 0.05) is 27.3 Å². The summed E-state index contributed by atoms with van der Waals surface area (Å²) in [6, 6.07) is 0. The molecule has 0 aliphatic carbocycles. The zero-order valence-corrected chi connectivity index (χ0v) is 8.32. The van der Waals surface area contributed by atoms with Crippen LogP contribution in [0.4, 0.5) is 0 Å². The molecule has 0 amide bonds. The van der Waals surface area contributed by atoms with Gasteiger partial charge in [0.05, 0.1) is 0 Å². The molecule has 0 aliphatic rings. The third kappa shape index (κ3) is 432. The molecule has 0 bridgehead atoms. The molecule has 0 atom stereocenters. The Kier molecular flexibility index (Phi) is 22.5. The second-order valence-electron chi connectivity index (χ2n) is 0.448. The maximum Gasteiger partial charge on any atom is 0.394 e. The molecular weight excluding hydrogens is 335 g/mol. The number of hydrogen-bond acceptors (Lipinski definition) is 2. The van der Waals surface area contributed by atoms with Crippen LogP contribution in [-0.4, -0.2) is 55.8 Å². The quantitative estimate of drug-likeness (QED) is 0.366. The van der Waals surface area contributed by atoms with Gasteiger partial charge in [-0.05, 0) is 0 Å². The van der Waals surface area contributed by atoms with E-state index in [1.165, 1.54) is 0 Å². The first-order valence-corrected chi connectivity index (χ1v) is 2.10. The summed E-state index contributed by atoms with van der Waals surface area (Å²) in [4.78, 5) is 0. The Hall–Kier alpha value is 0.712. The topological polar surface area (TPSA) is 138 Å². The molecule has 8 heavy (non-hydrogen) atoms. The van der Waals surface area contributed by atoms with Gasteiger partial charge in [-0.15, -0.1) is 0 Å². The summed E-state index contributed by atoms with van der Waals surface area (Å²) in [6.45, 7) is 0. The van der Waals surface area contributed by atoms with E-state index in [-0.39, 0.29) is 38.3 Å². The van der Waals surface area contributed by atoms with Crippen molar-refractivity contribution in [2.75, 3.05) is 0 Å². The molecule has 0 heterocycles. The zero-order chi connectivity index (χ0) is 4.50. The fourth-order valence-corrected chi connectivity index (χ4v) is 0. The predicted molar refractivity (Wildman–Crippen MR) is 27.2 cm³/mol. The van der Waals surface area contributed by atoms with E-state index in [9.17, 15) is 0 Å². The Morgan fingerprint density at radius 2 is 1.00 bits per heavy atom. The van der Waals surface area contributed by atoms with Gasteiger partial charge in [-0.2, -0.15) is 8.42 Å². The summed E-state index contributed by atoms with van der Waals surface area (Å²) in [5.74, 6) is 0. The first-order valence-electron chi connectivity index (χ1n) is 0.698. The van der Waals surface area contributed by atoms with Crippen LogP contribution < -0.4 is 0 Å². The van der Waals surface area contributed by atoms with Gasteiger partial charge in [-0.3, -0.25) is 9.11 Å². The Bertz CT molecular complexity index is 91.7. The van der Waals surface area contributed by atoms with Crippen molar-refractivity contribution in [1.29, 1.82) is 0 Å². The van der Waals surface area contributed by atoms with Crippen molar-refractivity contribution in [1.82, 2.24) is 0 Å². The first-order chi connectivity index (χ1) is 2.00. The second kappa shape index (κ2) is 7.71. The van der Waals surface area contributed by atoms with Crippen LogP contribution in [0, 0.1) is 0 Å². The SMILES string of the molecule is O.O.O=S(=O)(O)O.[Pb]. The molecular formula is H6O6PbS. The summed E-state index contributed by atoms with van der Waals surface area (Å²) in [6.07, 6.45) is 0. The standard InChI is InChI=1S/H2O4S.2H2O.Pb/c1-5(2,3)4;;;/h(H2,1,2,3,4);2*1H2;. The van der Waals surface area contributed by atoms with Gasteiger partial charge in [0.1, 0.15) is 0 Å². The molecule has 0 aromatic heterocycles. The minimum atomic E-state index is -4.67. The van der Waals surface area contributed by atoms with E-state index in [2.05, 4.69) is 0 Å². The monoisotopic (exact) mass is 342 g/mol. The van der Waals surface area contributed by atoms with Gasteiger partial charge in [0.25, 0.3) is 0 Å². The molecule has 0 spiro atoms. The Balaban J connectivity index is -0.0000000267. The van der Waals surface area contributed by atoms with E-state index in [0.29, 0.717) is 0 Å². The van der Waals surface area contributed by atoms with Gasteiger partial charge in [-0.1, -0.05) is 0 Å². The summed E-state index contributed by atoms with van der Waals surface area (Å²) in [5, 5.41) is 0. The second-order valence-corrected chi connectivity index (χ2v) is 1.34. The molecule has 0 saturated carbocycles. The number of rotatable bonds is 0. The normalized spacial score (nSPS) is 7.25. The van der Waals surface area contributed by atoms with E-state index in [1.54, 1.807) is 0 Å². The Morgan fingerprint density at radius 1 is 1.00 bits per heavy atom. The van der Waals surface area contributed by atoms with Crippen LogP contribution >= 0.6 is 0 Å². The van der Waals surface area contributed by atoms with E-state index >= 15 is 0 Å². The van der Waals surface area contributed by atoms with Gasteiger partial charge in [0.15, 0.2) is 0 Å². The molecule has 0 unspecified atom stereocenters. The van der Waals surface area contributed by atoms with Crippen LogP contribution in [-0.2, 0) is 10.4 Å². The van der Waals surface area contributed by atoms with Crippen LogP contribution in [0.5, 0.6) is 0 Å². The van der Waals surface area contributed by atoms with E-state index in [1.807, 2.05) is 0 Å². The van der Waals surface area contributed by atoms with Crippen molar-refractivity contribution >= 4 is 37.7 Å². The zero-order valence-electron chi connectivity index (χ0n) is 3.62. The van der Waals surface area contributed by atoms with Crippen molar-refractivity contribution in [2.24, 2.45) is 0 Å². The summed E-state index contributed by atoms with van der Waals surface area (Å²) < 4.78 is 31.6. The molecule has 6 nitrogen and oxygen atoms in total. The van der Waals surface area contributed by atoms with Crippen LogP contribution in [0.2, 0.25) is 0 Å². The summed E-state index contributed by atoms with van der Waals surface area (Å²) in [5.41, 5.74) is 0. The first kappa shape index (κ1) is 23.3. The third-order valence-electron chi connectivity index (χ3n) is 0. The number of hydrogen-bond donors (Lipinski definition) is 2. The molecule has 0 aromatic rings. The molecule has 52 valence electrons. The van der Waals surface area contributed by atoms with Gasteiger partial charge in [0.2, 0.25) is 0 Å². The fourth-order valence-electron chi connectivity index (χ4n) is 0. The molecule has 4 radical (unpaired) electrons. The van der Waals surface area contributed by atoms with Crippen molar-refractivity contribution in [3.8, 4) is 0 Å². The molecule has 0 aliphatic heterocycles. The van der Waals surface area contributed by atoms with E-state index in [0.717, 1.165) is 0 Å². The minimum absolute atomic E-state index is 0. The Labute approximate surface area is 66.3 Å². The van der Waals surface area contributed by atoms with Crippen LogP contribution in [0.25, 0.3) is 0 Å². The van der Waals surface area contributed by atoms with Crippen molar-refractivity contribution in [3.63, 3.8) is 0 Å². The predicted octanol–water partition coefficient (Wildman–Crippen LogP) is -2.68. The van der Waals surface area contributed by atoms with E-state index in [4.69, 9.17) is 17.5 Å². The molecule has 0 fully saturated rings. The average Bonchev–Trinajstić information content (AvgIpc) is 0.722. The molecule has 6 N–H and O–H groups in total. The molecule has 0 rings (SSSR count). The van der Waals surface area contributed by atoms with Crippen LogP contribution in [0.15, 0.2) is 0 Å². The van der Waals surface area contributed by atoms with E-state index < -0.39 is 10.4 Å². The van der Waals surface area contributed by atoms with Crippen molar-refractivity contribution in [3.05, 3.63) is 0 Å². The molecule has 0 saturated heterocycles. The maximum atomic E-state index is 8.74. The van der Waals surface area contributed by atoms with Crippen molar-refractivity contribution in [2.45, 2.75) is 0 Å². The fraction of sp³-hybridized carbons (Fsp3) is 0. The maximum absolute atomic E-state index is 8.74. The van der Waals surface area contributed by atoms with Gasteiger partial charge in [-0.25, -0.2) is 0 Å². The third-order valence-corrected chi connectivity index (χ3v) is 0. The molecule has 0 aromatic carbocycles. The minimum Gasteiger partial charge on any atom is -0.412 e. The summed E-state index contributed by atoms with van der Waals surface area (Å²) in [7, 11) is -4.67. The largest absolute Gasteiger partial charge is 0.412 e.